The zero-order valence-corrected chi connectivity index (χ0v) is 12.4. The zero-order chi connectivity index (χ0) is 14.0. The molecule has 1 aromatic carbocycles. The fourth-order valence-electron chi connectivity index (χ4n) is 2.00. The number of hydrogen-bond acceptors (Lipinski definition) is 4. The lowest BCUT2D eigenvalue weighted by atomic mass is 10.1. The van der Waals surface area contributed by atoms with E-state index in [9.17, 15) is 5.11 Å². The van der Waals surface area contributed by atoms with Crippen LogP contribution in [-0.2, 0) is 7.05 Å². The lowest BCUT2D eigenvalue weighted by molar-refractivity contribution is 0.191. The van der Waals surface area contributed by atoms with Gasteiger partial charge >= 0.3 is 0 Å². The van der Waals surface area contributed by atoms with Crippen LogP contribution in [0.4, 0.5) is 0 Å². The first kappa shape index (κ1) is 14.0. The first-order chi connectivity index (χ1) is 9.02. The molecular weight excluding hydrogens is 260 g/mol. The number of aryl methyl sites for hydroxylation is 2. The number of nitrogens with zero attached hydrogens (tertiary/aromatic N) is 2. The number of hydrogen-bond donors (Lipinski definition) is 1. The number of ether oxygens (including phenoxy) is 1. The highest BCUT2D eigenvalue weighted by molar-refractivity contribution is 7.99. The van der Waals surface area contributed by atoms with E-state index in [1.807, 2.05) is 42.9 Å². The number of rotatable bonds is 4. The van der Waals surface area contributed by atoms with Gasteiger partial charge in [-0.15, -0.1) is 0 Å². The molecule has 0 bridgehead atoms. The Kier molecular flexibility index (Phi) is 4.17. The van der Waals surface area contributed by atoms with E-state index in [1.54, 1.807) is 25.8 Å². The van der Waals surface area contributed by atoms with Gasteiger partial charge in [0, 0.05) is 17.5 Å². The van der Waals surface area contributed by atoms with Crippen LogP contribution in [0.2, 0.25) is 0 Å². The molecule has 102 valence electrons. The average Bonchev–Trinajstić information content (AvgIpc) is 2.67. The van der Waals surface area contributed by atoms with Crippen LogP contribution in [0.25, 0.3) is 0 Å². The molecule has 0 fully saturated rings. The van der Waals surface area contributed by atoms with Gasteiger partial charge in [-0.1, -0.05) is 17.8 Å². The van der Waals surface area contributed by atoms with E-state index in [4.69, 9.17) is 4.74 Å². The summed E-state index contributed by atoms with van der Waals surface area (Å²) in [6.45, 7) is 3.71. The zero-order valence-electron chi connectivity index (χ0n) is 11.5. The highest BCUT2D eigenvalue weighted by atomic mass is 32.2. The van der Waals surface area contributed by atoms with Crippen LogP contribution in [-0.4, -0.2) is 22.0 Å². The van der Waals surface area contributed by atoms with Crippen LogP contribution >= 0.6 is 11.8 Å². The van der Waals surface area contributed by atoms with Crippen molar-refractivity contribution in [3.63, 3.8) is 0 Å². The molecule has 1 atom stereocenters. The fraction of sp³-hybridized carbons (Fsp3) is 0.357. The molecule has 19 heavy (non-hydrogen) atoms. The third-order valence-corrected chi connectivity index (χ3v) is 4.00. The number of methoxy groups -OCH3 is 1. The molecule has 0 spiro atoms. The summed E-state index contributed by atoms with van der Waals surface area (Å²) in [7, 11) is 3.53. The van der Waals surface area contributed by atoms with Crippen molar-refractivity contribution in [2.75, 3.05) is 7.11 Å². The molecule has 4 nitrogen and oxygen atoms in total. The summed E-state index contributed by atoms with van der Waals surface area (Å²) in [6.07, 6.45) is -0.576. The first-order valence-electron chi connectivity index (χ1n) is 6.06. The van der Waals surface area contributed by atoms with E-state index >= 15 is 0 Å². The summed E-state index contributed by atoms with van der Waals surface area (Å²) in [4.78, 5) is 0.984. The maximum absolute atomic E-state index is 9.95. The van der Waals surface area contributed by atoms with E-state index in [0.717, 1.165) is 21.2 Å². The third-order valence-electron chi connectivity index (χ3n) is 2.84. The smallest absolute Gasteiger partial charge is 0.125 e. The summed E-state index contributed by atoms with van der Waals surface area (Å²) in [5.74, 6) is 0.707. The molecule has 0 saturated heterocycles. The second kappa shape index (κ2) is 5.67. The molecule has 2 rings (SSSR count). The van der Waals surface area contributed by atoms with Gasteiger partial charge in [0.25, 0.3) is 0 Å². The van der Waals surface area contributed by atoms with Crippen LogP contribution in [0.5, 0.6) is 5.75 Å². The van der Waals surface area contributed by atoms with Gasteiger partial charge in [0.05, 0.1) is 23.9 Å². The van der Waals surface area contributed by atoms with Crippen LogP contribution in [0, 0.1) is 6.92 Å². The number of aliphatic hydroxyl groups is 1. The minimum atomic E-state index is -0.576. The minimum Gasteiger partial charge on any atom is -0.496 e. The van der Waals surface area contributed by atoms with E-state index in [0.29, 0.717) is 5.75 Å². The topological polar surface area (TPSA) is 47.3 Å². The molecule has 1 N–H and O–H groups in total. The Morgan fingerprint density at radius 1 is 1.42 bits per heavy atom. The van der Waals surface area contributed by atoms with Gasteiger partial charge in [-0.25, -0.2) is 0 Å². The Morgan fingerprint density at radius 3 is 2.68 bits per heavy atom. The second-order valence-electron chi connectivity index (χ2n) is 4.40. The molecule has 0 aliphatic rings. The third kappa shape index (κ3) is 2.93. The lowest BCUT2D eigenvalue weighted by Crippen LogP contribution is -1.99. The van der Waals surface area contributed by atoms with Crippen LogP contribution in [0.1, 0.15) is 24.3 Å². The summed E-state index contributed by atoms with van der Waals surface area (Å²) in [6, 6.07) is 7.80. The molecule has 1 heterocycles. The molecule has 0 radical (unpaired) electrons. The van der Waals surface area contributed by atoms with Crippen molar-refractivity contribution in [1.82, 2.24) is 9.78 Å². The maximum atomic E-state index is 9.95. The normalized spacial score (nSPS) is 12.5. The molecule has 0 aliphatic heterocycles. The van der Waals surface area contributed by atoms with Crippen molar-refractivity contribution in [3.05, 3.63) is 35.5 Å². The van der Waals surface area contributed by atoms with E-state index in [2.05, 4.69) is 5.10 Å². The molecule has 1 unspecified atom stereocenters. The molecule has 0 aliphatic carbocycles. The molecule has 2 aromatic rings. The van der Waals surface area contributed by atoms with Crippen molar-refractivity contribution in [3.8, 4) is 5.75 Å². The van der Waals surface area contributed by atoms with Gasteiger partial charge in [-0.3, -0.25) is 4.68 Å². The van der Waals surface area contributed by atoms with Crippen LogP contribution in [0.3, 0.4) is 0 Å². The van der Waals surface area contributed by atoms with Crippen LogP contribution in [0.15, 0.2) is 34.2 Å². The highest BCUT2D eigenvalue weighted by Gasteiger charge is 2.16. The van der Waals surface area contributed by atoms with E-state index in [1.165, 1.54) is 0 Å². The monoisotopic (exact) mass is 278 g/mol. The summed E-state index contributed by atoms with van der Waals surface area (Å²) in [5, 5.41) is 15.3. The Bertz CT molecular complexity index is 579. The average molecular weight is 278 g/mol. The number of benzene rings is 1. The predicted octanol–water partition coefficient (Wildman–Crippen LogP) is 2.94. The second-order valence-corrected chi connectivity index (χ2v) is 5.46. The maximum Gasteiger partial charge on any atom is 0.125 e. The predicted molar refractivity (Wildman–Crippen MR) is 75.7 cm³/mol. The first-order valence-corrected chi connectivity index (χ1v) is 6.88. The van der Waals surface area contributed by atoms with Gasteiger partial charge in [0.15, 0.2) is 0 Å². The standard InChI is InChI=1S/C14H18N2O2S/c1-9-8-13(16(3)15-9)19-12-7-5-6-11(18-4)14(12)10(2)17/h5-8,10,17H,1-4H3. The fourth-order valence-corrected chi connectivity index (χ4v) is 3.15. The summed E-state index contributed by atoms with van der Waals surface area (Å²) in [5.41, 5.74) is 1.79. The van der Waals surface area contributed by atoms with Crippen LogP contribution < -0.4 is 4.74 Å². The number of aromatic nitrogens is 2. The molecular formula is C14H18N2O2S. The quantitative estimate of drug-likeness (QED) is 0.934. The van der Waals surface area contributed by atoms with Crippen molar-refractivity contribution in [2.45, 2.75) is 29.9 Å². The van der Waals surface area contributed by atoms with Crippen molar-refractivity contribution < 1.29 is 9.84 Å². The van der Waals surface area contributed by atoms with Gasteiger partial charge in [-0.05, 0) is 32.0 Å². The lowest BCUT2D eigenvalue weighted by Gasteiger charge is -2.15. The van der Waals surface area contributed by atoms with Gasteiger partial charge in [-0.2, -0.15) is 5.10 Å². The van der Waals surface area contributed by atoms with E-state index < -0.39 is 6.10 Å². The Morgan fingerprint density at radius 2 is 2.16 bits per heavy atom. The molecule has 1 aromatic heterocycles. The van der Waals surface area contributed by atoms with Gasteiger partial charge < -0.3 is 9.84 Å². The molecule has 0 saturated carbocycles. The van der Waals surface area contributed by atoms with Crippen molar-refractivity contribution >= 4 is 11.8 Å². The van der Waals surface area contributed by atoms with Gasteiger partial charge in [0.2, 0.25) is 0 Å². The minimum absolute atomic E-state index is 0.576. The number of aliphatic hydroxyl groups excluding tert-OH is 1. The van der Waals surface area contributed by atoms with E-state index in [-0.39, 0.29) is 0 Å². The summed E-state index contributed by atoms with van der Waals surface area (Å²) < 4.78 is 7.16. The molecule has 0 amide bonds. The van der Waals surface area contributed by atoms with Crippen molar-refractivity contribution in [2.24, 2.45) is 7.05 Å². The highest BCUT2D eigenvalue weighted by Crippen LogP contribution is 2.38. The van der Waals surface area contributed by atoms with Gasteiger partial charge in [0.1, 0.15) is 5.75 Å². The Labute approximate surface area is 117 Å². The Hall–Kier alpha value is -1.46. The summed E-state index contributed by atoms with van der Waals surface area (Å²) >= 11 is 1.58. The van der Waals surface area contributed by atoms with Crippen molar-refractivity contribution in [1.29, 1.82) is 0 Å². The largest absolute Gasteiger partial charge is 0.496 e. The molecule has 5 heteroatoms. The SMILES string of the molecule is COc1cccc(Sc2cc(C)nn2C)c1C(C)O. The Balaban J connectivity index is 2.42.